The lowest BCUT2D eigenvalue weighted by Crippen LogP contribution is -2.19. The number of benzene rings is 1. The van der Waals surface area contributed by atoms with Crippen LogP contribution in [0.25, 0.3) is 6.08 Å². The number of nitrogens with zero attached hydrogens (tertiary/aromatic N) is 1. The molecule has 0 amide bonds. The fourth-order valence-corrected chi connectivity index (χ4v) is 1.99. The van der Waals surface area contributed by atoms with Crippen LogP contribution in [0.3, 0.4) is 0 Å². The average molecular weight is 203 g/mol. The van der Waals surface area contributed by atoms with Gasteiger partial charge in [-0.05, 0) is 36.3 Å². The zero-order valence-corrected chi connectivity index (χ0v) is 8.91. The minimum atomic E-state index is 0.344. The first-order chi connectivity index (χ1) is 7.24. The SMILES string of the molecule is CC1=Cc2cc3c(cc2CN1C)OCO3. The number of rotatable bonds is 0. The van der Waals surface area contributed by atoms with Gasteiger partial charge in [-0.25, -0.2) is 0 Å². The third kappa shape index (κ3) is 1.27. The molecular formula is C12H13NO2. The highest BCUT2D eigenvalue weighted by molar-refractivity contribution is 5.63. The molecule has 3 rings (SSSR count). The molecule has 0 N–H and O–H groups in total. The molecule has 2 aliphatic heterocycles. The van der Waals surface area contributed by atoms with E-state index in [1.165, 1.54) is 16.8 Å². The second kappa shape index (κ2) is 2.92. The topological polar surface area (TPSA) is 21.7 Å². The van der Waals surface area contributed by atoms with E-state index in [4.69, 9.17) is 9.47 Å². The van der Waals surface area contributed by atoms with Gasteiger partial charge in [0.15, 0.2) is 11.5 Å². The van der Waals surface area contributed by atoms with Crippen molar-refractivity contribution in [3.63, 3.8) is 0 Å². The Morgan fingerprint density at radius 1 is 1.20 bits per heavy atom. The van der Waals surface area contributed by atoms with E-state index < -0.39 is 0 Å². The van der Waals surface area contributed by atoms with Crippen LogP contribution < -0.4 is 9.47 Å². The predicted octanol–water partition coefficient (Wildman–Crippen LogP) is 2.22. The molecule has 0 aliphatic carbocycles. The maximum absolute atomic E-state index is 5.37. The fourth-order valence-electron chi connectivity index (χ4n) is 1.99. The van der Waals surface area contributed by atoms with Crippen LogP contribution in [0.4, 0.5) is 0 Å². The van der Waals surface area contributed by atoms with Crippen LogP contribution in [0.5, 0.6) is 11.5 Å². The molecule has 15 heavy (non-hydrogen) atoms. The van der Waals surface area contributed by atoms with Crippen LogP contribution in [0.2, 0.25) is 0 Å². The molecule has 1 aromatic carbocycles. The third-order valence-electron chi connectivity index (χ3n) is 3.01. The van der Waals surface area contributed by atoms with Crippen molar-refractivity contribution >= 4 is 6.08 Å². The molecule has 0 saturated heterocycles. The first kappa shape index (κ1) is 8.65. The van der Waals surface area contributed by atoms with Crippen LogP contribution in [0.1, 0.15) is 18.1 Å². The van der Waals surface area contributed by atoms with Crippen molar-refractivity contribution in [3.05, 3.63) is 29.0 Å². The molecule has 3 heteroatoms. The van der Waals surface area contributed by atoms with Gasteiger partial charge in [0.1, 0.15) is 0 Å². The molecule has 78 valence electrons. The second-order valence-corrected chi connectivity index (χ2v) is 4.05. The molecule has 0 fully saturated rings. The molecule has 0 aromatic heterocycles. The summed E-state index contributed by atoms with van der Waals surface area (Å²) in [7, 11) is 2.10. The van der Waals surface area contributed by atoms with Crippen molar-refractivity contribution in [2.24, 2.45) is 0 Å². The first-order valence-electron chi connectivity index (χ1n) is 5.06. The Balaban J connectivity index is 2.13. The summed E-state index contributed by atoms with van der Waals surface area (Å²) in [5.74, 6) is 1.73. The van der Waals surface area contributed by atoms with E-state index in [0.29, 0.717) is 6.79 Å². The Morgan fingerprint density at radius 3 is 2.73 bits per heavy atom. The van der Waals surface area contributed by atoms with E-state index in [2.05, 4.69) is 37.1 Å². The van der Waals surface area contributed by atoms with E-state index in [1.807, 2.05) is 0 Å². The summed E-state index contributed by atoms with van der Waals surface area (Å²) in [6.07, 6.45) is 2.18. The van der Waals surface area contributed by atoms with Gasteiger partial charge >= 0.3 is 0 Å². The van der Waals surface area contributed by atoms with Crippen LogP contribution in [-0.4, -0.2) is 18.7 Å². The zero-order valence-electron chi connectivity index (χ0n) is 8.91. The number of ether oxygens (including phenoxy) is 2. The van der Waals surface area contributed by atoms with Crippen molar-refractivity contribution in [1.82, 2.24) is 4.90 Å². The molecule has 0 spiro atoms. The maximum Gasteiger partial charge on any atom is 0.231 e. The van der Waals surface area contributed by atoms with Gasteiger partial charge in [0.25, 0.3) is 0 Å². The van der Waals surface area contributed by atoms with Crippen LogP contribution >= 0.6 is 0 Å². The summed E-state index contributed by atoms with van der Waals surface area (Å²) in [6.45, 7) is 3.40. The summed E-state index contributed by atoms with van der Waals surface area (Å²) in [5.41, 5.74) is 3.82. The summed E-state index contributed by atoms with van der Waals surface area (Å²) in [6, 6.07) is 4.14. The van der Waals surface area contributed by atoms with Gasteiger partial charge < -0.3 is 14.4 Å². The Morgan fingerprint density at radius 2 is 1.93 bits per heavy atom. The molecule has 2 heterocycles. The lowest BCUT2D eigenvalue weighted by Gasteiger charge is -2.26. The zero-order chi connectivity index (χ0) is 10.4. The molecule has 0 saturated carbocycles. The van der Waals surface area contributed by atoms with Gasteiger partial charge in [-0.3, -0.25) is 0 Å². The smallest absolute Gasteiger partial charge is 0.231 e. The molecule has 0 bridgehead atoms. The summed E-state index contributed by atoms with van der Waals surface area (Å²) >= 11 is 0. The van der Waals surface area contributed by atoms with Crippen molar-refractivity contribution in [1.29, 1.82) is 0 Å². The Kier molecular flexibility index (Phi) is 1.69. The standard InChI is InChI=1S/C12H13NO2/c1-8-3-9-4-11-12(15-7-14-11)5-10(9)6-13(8)2/h3-5H,6-7H2,1-2H3. The monoisotopic (exact) mass is 203 g/mol. The van der Waals surface area contributed by atoms with E-state index in [9.17, 15) is 0 Å². The van der Waals surface area contributed by atoms with Gasteiger partial charge in [0.2, 0.25) is 6.79 Å². The summed E-state index contributed by atoms with van der Waals surface area (Å²) in [5, 5.41) is 0. The highest BCUT2D eigenvalue weighted by Crippen LogP contribution is 2.37. The van der Waals surface area contributed by atoms with E-state index in [0.717, 1.165) is 18.0 Å². The minimum absolute atomic E-state index is 0.344. The molecule has 2 aliphatic rings. The lowest BCUT2D eigenvalue weighted by atomic mass is 10.0. The molecule has 1 aromatic rings. The maximum atomic E-state index is 5.37. The van der Waals surface area contributed by atoms with Gasteiger partial charge in [-0.1, -0.05) is 0 Å². The largest absolute Gasteiger partial charge is 0.454 e. The van der Waals surface area contributed by atoms with Crippen molar-refractivity contribution < 1.29 is 9.47 Å². The van der Waals surface area contributed by atoms with Crippen LogP contribution in [0.15, 0.2) is 17.8 Å². The number of fused-ring (bicyclic) bond motifs is 2. The Labute approximate surface area is 88.9 Å². The summed E-state index contributed by atoms with van der Waals surface area (Å²) in [4.78, 5) is 2.23. The Bertz CT molecular complexity index is 451. The lowest BCUT2D eigenvalue weighted by molar-refractivity contribution is 0.174. The van der Waals surface area contributed by atoms with Gasteiger partial charge in [-0.2, -0.15) is 0 Å². The van der Waals surface area contributed by atoms with E-state index in [-0.39, 0.29) is 0 Å². The quantitative estimate of drug-likeness (QED) is 0.645. The third-order valence-corrected chi connectivity index (χ3v) is 3.01. The number of allylic oxidation sites excluding steroid dienone is 1. The minimum Gasteiger partial charge on any atom is -0.454 e. The van der Waals surface area contributed by atoms with E-state index in [1.54, 1.807) is 0 Å². The van der Waals surface area contributed by atoms with E-state index >= 15 is 0 Å². The van der Waals surface area contributed by atoms with Gasteiger partial charge in [0, 0.05) is 19.3 Å². The molecular weight excluding hydrogens is 190 g/mol. The van der Waals surface area contributed by atoms with Crippen LogP contribution in [-0.2, 0) is 6.54 Å². The molecule has 3 nitrogen and oxygen atoms in total. The number of hydrogen-bond acceptors (Lipinski definition) is 3. The normalized spacial score (nSPS) is 17.5. The first-order valence-corrected chi connectivity index (χ1v) is 5.06. The predicted molar refractivity (Wildman–Crippen MR) is 57.7 cm³/mol. The fraction of sp³-hybridized carbons (Fsp3) is 0.333. The van der Waals surface area contributed by atoms with Crippen molar-refractivity contribution in [3.8, 4) is 11.5 Å². The van der Waals surface area contributed by atoms with Crippen molar-refractivity contribution in [2.45, 2.75) is 13.5 Å². The van der Waals surface area contributed by atoms with Crippen LogP contribution in [0, 0.1) is 0 Å². The van der Waals surface area contributed by atoms with Gasteiger partial charge in [0.05, 0.1) is 0 Å². The average Bonchev–Trinajstić information content (AvgIpc) is 2.63. The number of hydrogen-bond donors (Lipinski definition) is 0. The molecule has 0 atom stereocenters. The second-order valence-electron chi connectivity index (χ2n) is 4.05. The Hall–Kier alpha value is -1.64. The summed E-state index contributed by atoms with van der Waals surface area (Å²) < 4.78 is 10.7. The van der Waals surface area contributed by atoms with Gasteiger partial charge in [-0.15, -0.1) is 0 Å². The molecule has 0 unspecified atom stereocenters. The highest BCUT2D eigenvalue weighted by atomic mass is 16.7. The van der Waals surface area contributed by atoms with Crippen molar-refractivity contribution in [2.75, 3.05) is 13.8 Å². The molecule has 0 radical (unpaired) electrons. The highest BCUT2D eigenvalue weighted by Gasteiger charge is 2.19.